The molecule has 1 rings (SSSR count). The van der Waals surface area contributed by atoms with Gasteiger partial charge < -0.3 is 5.73 Å². The summed E-state index contributed by atoms with van der Waals surface area (Å²) in [7, 11) is 0. The molecule has 2 heteroatoms. The summed E-state index contributed by atoms with van der Waals surface area (Å²) in [5.41, 5.74) is 5.98. The molecule has 2 unspecified atom stereocenters. The highest BCUT2D eigenvalue weighted by Gasteiger charge is 2.24. The maximum absolute atomic E-state index is 5.98. The molecule has 0 aromatic carbocycles. The first kappa shape index (κ1) is 11.6. The van der Waals surface area contributed by atoms with Crippen molar-refractivity contribution in [1.29, 1.82) is 0 Å². The van der Waals surface area contributed by atoms with Gasteiger partial charge in [-0.15, -0.1) is 11.8 Å². The van der Waals surface area contributed by atoms with Crippen LogP contribution in [0.3, 0.4) is 0 Å². The number of piperidine rings is 1. The van der Waals surface area contributed by atoms with Gasteiger partial charge in [0.25, 0.3) is 0 Å². The predicted molar refractivity (Wildman–Crippen MR) is 60.9 cm³/mol. The molecule has 0 bridgehead atoms. The number of nitrogens with zero attached hydrogens (tertiary/aromatic N) is 1. The van der Waals surface area contributed by atoms with Crippen LogP contribution in [0.25, 0.3) is 0 Å². The Bertz CT molecular complexity index is 212. The molecule has 2 N–H and O–H groups in total. The van der Waals surface area contributed by atoms with Crippen LogP contribution < -0.4 is 5.73 Å². The SMILES string of the molecule is CC#CCCN1CCCCC1C(C)N. The van der Waals surface area contributed by atoms with E-state index < -0.39 is 0 Å². The van der Waals surface area contributed by atoms with Crippen molar-refractivity contribution >= 4 is 0 Å². The molecular formula is C12H22N2. The molecule has 1 fully saturated rings. The second-order valence-electron chi connectivity index (χ2n) is 4.13. The van der Waals surface area contributed by atoms with E-state index in [1.165, 1.54) is 25.8 Å². The van der Waals surface area contributed by atoms with Crippen molar-refractivity contribution in [2.75, 3.05) is 13.1 Å². The number of hydrogen-bond donors (Lipinski definition) is 1. The van der Waals surface area contributed by atoms with E-state index in [9.17, 15) is 0 Å². The van der Waals surface area contributed by atoms with Gasteiger partial charge in [-0.05, 0) is 33.2 Å². The van der Waals surface area contributed by atoms with Crippen LogP contribution in [0.2, 0.25) is 0 Å². The summed E-state index contributed by atoms with van der Waals surface area (Å²) in [6, 6.07) is 0.882. The highest BCUT2D eigenvalue weighted by Crippen LogP contribution is 2.18. The smallest absolute Gasteiger partial charge is 0.0244 e. The van der Waals surface area contributed by atoms with Crippen molar-refractivity contribution in [3.8, 4) is 11.8 Å². The van der Waals surface area contributed by atoms with Gasteiger partial charge in [0.05, 0.1) is 0 Å². The minimum Gasteiger partial charge on any atom is -0.327 e. The van der Waals surface area contributed by atoms with Crippen LogP contribution in [0.5, 0.6) is 0 Å². The summed E-state index contributed by atoms with van der Waals surface area (Å²) in [6.45, 7) is 6.32. The zero-order valence-corrected chi connectivity index (χ0v) is 9.42. The first-order valence-corrected chi connectivity index (χ1v) is 5.65. The van der Waals surface area contributed by atoms with Crippen LogP contribution in [0.15, 0.2) is 0 Å². The highest BCUT2D eigenvalue weighted by molar-refractivity contribution is 4.96. The van der Waals surface area contributed by atoms with Gasteiger partial charge in [0.2, 0.25) is 0 Å². The van der Waals surface area contributed by atoms with E-state index in [4.69, 9.17) is 5.73 Å². The lowest BCUT2D eigenvalue weighted by Gasteiger charge is -2.37. The van der Waals surface area contributed by atoms with Gasteiger partial charge in [0, 0.05) is 25.0 Å². The van der Waals surface area contributed by atoms with Gasteiger partial charge in [-0.2, -0.15) is 0 Å². The molecule has 0 spiro atoms. The van der Waals surface area contributed by atoms with Crippen LogP contribution in [0, 0.1) is 11.8 Å². The summed E-state index contributed by atoms with van der Waals surface area (Å²) >= 11 is 0. The molecule has 0 amide bonds. The maximum atomic E-state index is 5.98. The Kier molecular flexibility index (Phi) is 5.00. The normalized spacial score (nSPS) is 25.2. The van der Waals surface area contributed by atoms with E-state index in [1.807, 2.05) is 6.92 Å². The zero-order chi connectivity index (χ0) is 10.4. The fourth-order valence-corrected chi connectivity index (χ4v) is 2.21. The Morgan fingerprint density at radius 1 is 1.50 bits per heavy atom. The monoisotopic (exact) mass is 194 g/mol. The Hall–Kier alpha value is -0.520. The van der Waals surface area contributed by atoms with Crippen LogP contribution in [-0.2, 0) is 0 Å². The van der Waals surface area contributed by atoms with E-state index in [0.29, 0.717) is 12.1 Å². The number of hydrogen-bond acceptors (Lipinski definition) is 2. The molecule has 14 heavy (non-hydrogen) atoms. The average Bonchev–Trinajstić information content (AvgIpc) is 2.19. The molecule has 1 heterocycles. The molecule has 2 nitrogen and oxygen atoms in total. The van der Waals surface area contributed by atoms with Gasteiger partial charge in [-0.25, -0.2) is 0 Å². The third-order valence-corrected chi connectivity index (χ3v) is 2.97. The minimum absolute atomic E-state index is 0.296. The second-order valence-corrected chi connectivity index (χ2v) is 4.13. The Morgan fingerprint density at radius 3 is 2.93 bits per heavy atom. The molecule has 0 aliphatic carbocycles. The minimum atomic E-state index is 0.296. The summed E-state index contributed by atoms with van der Waals surface area (Å²) in [6.07, 6.45) is 4.90. The second kappa shape index (κ2) is 6.06. The van der Waals surface area contributed by atoms with Gasteiger partial charge in [0.15, 0.2) is 0 Å². The molecular weight excluding hydrogens is 172 g/mol. The molecule has 0 aromatic rings. The Labute approximate surface area is 87.8 Å². The van der Waals surface area contributed by atoms with Gasteiger partial charge in [-0.1, -0.05) is 6.42 Å². The lowest BCUT2D eigenvalue weighted by Crippen LogP contribution is -2.49. The standard InChI is InChI=1S/C12H22N2/c1-3-4-6-9-14-10-7-5-8-12(14)11(2)13/h11-12H,5-10,13H2,1-2H3. The molecule has 1 aliphatic heterocycles. The molecule has 2 atom stereocenters. The van der Waals surface area contributed by atoms with Crippen molar-refractivity contribution in [3.63, 3.8) is 0 Å². The highest BCUT2D eigenvalue weighted by atomic mass is 15.2. The fourth-order valence-electron chi connectivity index (χ4n) is 2.21. The zero-order valence-electron chi connectivity index (χ0n) is 9.42. The van der Waals surface area contributed by atoms with Gasteiger partial charge in [0.1, 0.15) is 0 Å². The van der Waals surface area contributed by atoms with E-state index in [-0.39, 0.29) is 0 Å². The Morgan fingerprint density at radius 2 is 2.29 bits per heavy atom. The topological polar surface area (TPSA) is 29.3 Å². The average molecular weight is 194 g/mol. The fraction of sp³-hybridized carbons (Fsp3) is 0.833. The maximum Gasteiger partial charge on any atom is 0.0244 e. The lowest BCUT2D eigenvalue weighted by atomic mass is 9.97. The third kappa shape index (κ3) is 3.32. The van der Waals surface area contributed by atoms with Gasteiger partial charge in [-0.3, -0.25) is 4.90 Å². The molecule has 1 aliphatic rings. The van der Waals surface area contributed by atoms with Crippen LogP contribution >= 0.6 is 0 Å². The van der Waals surface area contributed by atoms with Crippen molar-refractivity contribution in [3.05, 3.63) is 0 Å². The third-order valence-electron chi connectivity index (χ3n) is 2.97. The number of likely N-dealkylation sites (tertiary alicyclic amines) is 1. The summed E-state index contributed by atoms with van der Waals surface area (Å²) in [5.74, 6) is 6.07. The van der Waals surface area contributed by atoms with E-state index in [1.54, 1.807) is 0 Å². The van der Waals surface area contributed by atoms with Crippen molar-refractivity contribution < 1.29 is 0 Å². The van der Waals surface area contributed by atoms with E-state index >= 15 is 0 Å². The summed E-state index contributed by atoms with van der Waals surface area (Å²) < 4.78 is 0. The number of nitrogens with two attached hydrogens (primary N) is 1. The Balaban J connectivity index is 2.40. The van der Waals surface area contributed by atoms with Gasteiger partial charge >= 0.3 is 0 Å². The van der Waals surface area contributed by atoms with Crippen LogP contribution in [0.1, 0.15) is 39.5 Å². The lowest BCUT2D eigenvalue weighted by molar-refractivity contribution is 0.134. The molecule has 0 saturated carbocycles. The predicted octanol–water partition coefficient (Wildman–Crippen LogP) is 1.60. The molecule has 0 radical (unpaired) electrons. The van der Waals surface area contributed by atoms with E-state index in [0.717, 1.165) is 13.0 Å². The first-order valence-electron chi connectivity index (χ1n) is 5.65. The quantitative estimate of drug-likeness (QED) is 0.691. The first-order chi connectivity index (χ1) is 6.75. The molecule has 80 valence electrons. The largest absolute Gasteiger partial charge is 0.327 e. The van der Waals surface area contributed by atoms with Crippen molar-refractivity contribution in [2.24, 2.45) is 5.73 Å². The molecule has 0 aromatic heterocycles. The van der Waals surface area contributed by atoms with Crippen LogP contribution in [0.4, 0.5) is 0 Å². The summed E-state index contributed by atoms with van der Waals surface area (Å²) in [4.78, 5) is 2.51. The number of rotatable bonds is 3. The van der Waals surface area contributed by atoms with Crippen LogP contribution in [-0.4, -0.2) is 30.1 Å². The summed E-state index contributed by atoms with van der Waals surface area (Å²) in [5, 5.41) is 0. The van der Waals surface area contributed by atoms with Crippen molar-refractivity contribution in [2.45, 2.75) is 51.6 Å². The van der Waals surface area contributed by atoms with E-state index in [2.05, 4.69) is 23.7 Å². The molecule has 1 saturated heterocycles. The van der Waals surface area contributed by atoms with Crippen molar-refractivity contribution in [1.82, 2.24) is 4.90 Å².